The Balaban J connectivity index is 1.80. The SMILES string of the molecule is Cc1cc(C(=O)N2CCC[C@@H]2[C@@H]2CCCC[C@]2(C)O)n[nH]1. The summed E-state index contributed by atoms with van der Waals surface area (Å²) in [6.07, 6.45) is 6.12. The van der Waals surface area contributed by atoms with Gasteiger partial charge >= 0.3 is 0 Å². The highest BCUT2D eigenvalue weighted by Gasteiger charge is 2.44. The molecule has 0 unspecified atom stereocenters. The molecule has 116 valence electrons. The molecule has 2 aliphatic rings. The smallest absolute Gasteiger partial charge is 0.274 e. The number of aryl methyl sites for hydroxylation is 1. The van der Waals surface area contributed by atoms with Gasteiger partial charge in [-0.2, -0.15) is 5.10 Å². The van der Waals surface area contributed by atoms with E-state index in [9.17, 15) is 9.90 Å². The Morgan fingerprint density at radius 2 is 2.24 bits per heavy atom. The fourth-order valence-corrected chi connectivity index (χ4v) is 4.09. The van der Waals surface area contributed by atoms with Crippen LogP contribution in [-0.4, -0.2) is 44.3 Å². The van der Waals surface area contributed by atoms with E-state index in [1.54, 1.807) is 6.07 Å². The van der Waals surface area contributed by atoms with E-state index < -0.39 is 5.60 Å². The number of aromatic amines is 1. The van der Waals surface area contributed by atoms with Crippen molar-refractivity contribution in [1.29, 1.82) is 0 Å². The van der Waals surface area contributed by atoms with Crippen LogP contribution in [0.4, 0.5) is 0 Å². The summed E-state index contributed by atoms with van der Waals surface area (Å²) in [5.74, 6) is 0.195. The van der Waals surface area contributed by atoms with E-state index in [0.29, 0.717) is 5.69 Å². The predicted octanol–water partition coefficient (Wildman–Crippen LogP) is 2.26. The summed E-state index contributed by atoms with van der Waals surface area (Å²) in [6.45, 7) is 4.62. The van der Waals surface area contributed by atoms with Crippen LogP contribution < -0.4 is 0 Å². The number of aliphatic hydroxyl groups is 1. The van der Waals surface area contributed by atoms with E-state index in [1.807, 2.05) is 18.7 Å². The Hall–Kier alpha value is -1.36. The van der Waals surface area contributed by atoms with E-state index in [2.05, 4.69) is 10.2 Å². The Labute approximate surface area is 125 Å². The first-order valence-corrected chi connectivity index (χ1v) is 8.04. The third-order valence-electron chi connectivity index (χ3n) is 5.20. The van der Waals surface area contributed by atoms with E-state index >= 15 is 0 Å². The van der Waals surface area contributed by atoms with Crippen LogP contribution >= 0.6 is 0 Å². The van der Waals surface area contributed by atoms with Gasteiger partial charge in [-0.05, 0) is 45.6 Å². The summed E-state index contributed by atoms with van der Waals surface area (Å²) in [7, 11) is 0. The lowest BCUT2D eigenvalue weighted by atomic mass is 9.72. The molecule has 1 aromatic rings. The Bertz CT molecular complexity index is 523. The molecule has 5 heteroatoms. The van der Waals surface area contributed by atoms with Gasteiger partial charge in [0.25, 0.3) is 5.91 Å². The number of nitrogens with zero attached hydrogens (tertiary/aromatic N) is 2. The highest BCUT2D eigenvalue weighted by atomic mass is 16.3. The van der Waals surface area contributed by atoms with Crippen LogP contribution in [0.1, 0.15) is 61.6 Å². The maximum Gasteiger partial charge on any atom is 0.274 e. The summed E-state index contributed by atoms with van der Waals surface area (Å²) in [5.41, 5.74) is 0.751. The largest absolute Gasteiger partial charge is 0.390 e. The van der Waals surface area contributed by atoms with Crippen molar-refractivity contribution < 1.29 is 9.90 Å². The second kappa shape index (κ2) is 5.44. The number of H-pyrrole nitrogens is 1. The standard InChI is InChI=1S/C16H25N3O2/c1-11-10-13(18-17-11)15(20)19-9-5-7-14(19)12-6-3-4-8-16(12,2)21/h10,12,14,21H,3-9H2,1-2H3,(H,17,18)/t12-,14+,16-/m0/s1. The van der Waals surface area contributed by atoms with Gasteiger partial charge in [0, 0.05) is 24.2 Å². The number of nitrogens with one attached hydrogen (secondary N) is 1. The third kappa shape index (κ3) is 2.71. The van der Waals surface area contributed by atoms with Gasteiger partial charge in [0.1, 0.15) is 5.69 Å². The molecule has 1 amide bonds. The van der Waals surface area contributed by atoms with Crippen LogP contribution in [0.3, 0.4) is 0 Å². The maximum atomic E-state index is 12.7. The molecular weight excluding hydrogens is 266 g/mol. The highest BCUT2D eigenvalue weighted by Crippen LogP contribution is 2.40. The molecule has 2 fully saturated rings. The molecule has 0 radical (unpaired) electrons. The molecule has 3 rings (SSSR count). The number of amides is 1. The van der Waals surface area contributed by atoms with Crippen molar-refractivity contribution in [3.8, 4) is 0 Å². The quantitative estimate of drug-likeness (QED) is 0.878. The fraction of sp³-hybridized carbons (Fsp3) is 0.750. The summed E-state index contributed by atoms with van der Waals surface area (Å²) in [4.78, 5) is 14.6. The van der Waals surface area contributed by atoms with Crippen molar-refractivity contribution in [2.75, 3.05) is 6.54 Å². The molecule has 2 heterocycles. The van der Waals surface area contributed by atoms with Crippen LogP contribution in [0.15, 0.2) is 6.07 Å². The molecule has 1 saturated heterocycles. The second-order valence-corrected chi connectivity index (χ2v) is 6.85. The van der Waals surface area contributed by atoms with E-state index in [0.717, 1.165) is 50.8 Å². The minimum absolute atomic E-state index is 0.00298. The molecule has 1 aromatic heterocycles. The zero-order valence-corrected chi connectivity index (χ0v) is 12.9. The van der Waals surface area contributed by atoms with E-state index in [1.165, 1.54) is 0 Å². The van der Waals surface area contributed by atoms with Gasteiger partial charge in [-0.25, -0.2) is 0 Å². The van der Waals surface area contributed by atoms with Crippen molar-refractivity contribution in [2.24, 2.45) is 5.92 Å². The molecule has 1 aliphatic heterocycles. The highest BCUT2D eigenvalue weighted by molar-refractivity contribution is 5.92. The van der Waals surface area contributed by atoms with Crippen molar-refractivity contribution in [1.82, 2.24) is 15.1 Å². The van der Waals surface area contributed by atoms with Crippen LogP contribution in [0.5, 0.6) is 0 Å². The van der Waals surface area contributed by atoms with Crippen LogP contribution in [0, 0.1) is 12.8 Å². The lowest BCUT2D eigenvalue weighted by Crippen LogP contribution is -2.50. The van der Waals surface area contributed by atoms with Gasteiger partial charge in [0.2, 0.25) is 0 Å². The van der Waals surface area contributed by atoms with Crippen molar-refractivity contribution in [3.05, 3.63) is 17.5 Å². The van der Waals surface area contributed by atoms with Crippen molar-refractivity contribution >= 4 is 5.91 Å². The average molecular weight is 291 g/mol. The lowest BCUT2D eigenvalue weighted by Gasteiger charge is -2.43. The van der Waals surface area contributed by atoms with E-state index in [4.69, 9.17) is 0 Å². The maximum absolute atomic E-state index is 12.7. The number of carbonyl (C=O) groups excluding carboxylic acids is 1. The van der Waals surface area contributed by atoms with Crippen molar-refractivity contribution in [2.45, 2.75) is 64.0 Å². The van der Waals surface area contributed by atoms with Gasteiger partial charge < -0.3 is 10.0 Å². The topological polar surface area (TPSA) is 69.2 Å². The number of likely N-dealkylation sites (tertiary alicyclic amines) is 1. The molecular formula is C16H25N3O2. The molecule has 3 atom stereocenters. The summed E-state index contributed by atoms with van der Waals surface area (Å²) >= 11 is 0. The second-order valence-electron chi connectivity index (χ2n) is 6.85. The average Bonchev–Trinajstić information content (AvgIpc) is 3.06. The van der Waals surface area contributed by atoms with Gasteiger partial charge in [-0.3, -0.25) is 9.89 Å². The first-order chi connectivity index (χ1) is 9.99. The zero-order chi connectivity index (χ0) is 15.0. The summed E-state index contributed by atoms with van der Waals surface area (Å²) < 4.78 is 0. The summed E-state index contributed by atoms with van der Waals surface area (Å²) in [5, 5.41) is 17.6. The number of carbonyl (C=O) groups is 1. The molecule has 5 nitrogen and oxygen atoms in total. The minimum Gasteiger partial charge on any atom is -0.390 e. The van der Waals surface area contributed by atoms with Gasteiger partial charge in [-0.1, -0.05) is 12.8 Å². The normalized spacial score (nSPS) is 33.4. The molecule has 0 spiro atoms. The lowest BCUT2D eigenvalue weighted by molar-refractivity contribution is -0.0578. The molecule has 21 heavy (non-hydrogen) atoms. The Morgan fingerprint density at radius 3 is 2.90 bits per heavy atom. The number of hydrogen-bond acceptors (Lipinski definition) is 3. The van der Waals surface area contributed by atoms with Gasteiger partial charge in [-0.15, -0.1) is 0 Å². The fourth-order valence-electron chi connectivity index (χ4n) is 4.09. The van der Waals surface area contributed by atoms with Gasteiger partial charge in [0.05, 0.1) is 5.60 Å². The number of hydrogen-bond donors (Lipinski definition) is 2. The predicted molar refractivity (Wildman–Crippen MR) is 80.0 cm³/mol. The van der Waals surface area contributed by atoms with Crippen LogP contribution in [-0.2, 0) is 0 Å². The molecule has 2 N–H and O–H groups in total. The molecule has 0 aromatic carbocycles. The monoisotopic (exact) mass is 291 g/mol. The first kappa shape index (κ1) is 14.6. The van der Waals surface area contributed by atoms with Gasteiger partial charge in [0.15, 0.2) is 0 Å². The molecule has 1 saturated carbocycles. The third-order valence-corrected chi connectivity index (χ3v) is 5.20. The Kier molecular flexibility index (Phi) is 3.78. The van der Waals surface area contributed by atoms with E-state index in [-0.39, 0.29) is 17.9 Å². The molecule has 0 bridgehead atoms. The molecule has 1 aliphatic carbocycles. The Morgan fingerprint density at radius 1 is 1.43 bits per heavy atom. The number of aromatic nitrogens is 2. The zero-order valence-electron chi connectivity index (χ0n) is 12.9. The summed E-state index contributed by atoms with van der Waals surface area (Å²) in [6, 6.07) is 1.96. The van der Waals surface area contributed by atoms with Crippen LogP contribution in [0.2, 0.25) is 0 Å². The van der Waals surface area contributed by atoms with Crippen molar-refractivity contribution in [3.63, 3.8) is 0 Å². The first-order valence-electron chi connectivity index (χ1n) is 8.04. The number of rotatable bonds is 2. The van der Waals surface area contributed by atoms with Crippen LogP contribution in [0.25, 0.3) is 0 Å². The minimum atomic E-state index is -0.646.